The average molecular weight is 359 g/mol. The summed E-state index contributed by atoms with van der Waals surface area (Å²) in [5.74, 6) is 1.45. The number of hydrogen-bond donors (Lipinski definition) is 1. The lowest BCUT2D eigenvalue weighted by Crippen LogP contribution is -2.29. The third-order valence-electron chi connectivity index (χ3n) is 5.70. The minimum absolute atomic E-state index is 0.0777. The fraction of sp³-hybridized carbons (Fsp3) is 0.391. The third kappa shape index (κ3) is 3.61. The first-order chi connectivity index (χ1) is 13.3. The van der Waals surface area contributed by atoms with Gasteiger partial charge in [-0.3, -0.25) is 9.48 Å². The predicted octanol–water partition coefficient (Wildman–Crippen LogP) is 4.15. The van der Waals surface area contributed by atoms with Gasteiger partial charge in [0.05, 0.1) is 18.7 Å². The van der Waals surface area contributed by atoms with Crippen molar-refractivity contribution in [1.82, 2.24) is 15.1 Å². The lowest BCUT2D eigenvalue weighted by Gasteiger charge is -2.10. The number of carbonyl (C=O) groups is 1. The summed E-state index contributed by atoms with van der Waals surface area (Å²) >= 11 is 0. The van der Waals surface area contributed by atoms with E-state index in [1.54, 1.807) is 0 Å². The number of rotatable bonds is 7. The molecule has 0 atom stereocenters. The van der Waals surface area contributed by atoms with Crippen molar-refractivity contribution in [2.24, 2.45) is 0 Å². The van der Waals surface area contributed by atoms with Gasteiger partial charge in [0.25, 0.3) is 0 Å². The Bertz CT molecular complexity index is 977. The molecule has 1 aromatic heterocycles. The molecule has 0 aliphatic heterocycles. The van der Waals surface area contributed by atoms with Crippen LogP contribution in [0.25, 0.3) is 10.8 Å². The first-order valence-corrected chi connectivity index (χ1v) is 10.1. The second-order valence-corrected chi connectivity index (χ2v) is 7.93. The first-order valence-electron chi connectivity index (χ1n) is 10.1. The van der Waals surface area contributed by atoms with Crippen molar-refractivity contribution in [2.45, 2.75) is 50.5 Å². The quantitative estimate of drug-likeness (QED) is 0.689. The van der Waals surface area contributed by atoms with Crippen LogP contribution in [0.3, 0.4) is 0 Å². The van der Waals surface area contributed by atoms with Gasteiger partial charge in [-0.15, -0.1) is 0 Å². The number of nitrogens with zero attached hydrogens (tertiary/aromatic N) is 2. The van der Waals surface area contributed by atoms with E-state index in [1.807, 2.05) is 24.3 Å². The van der Waals surface area contributed by atoms with Gasteiger partial charge in [-0.2, -0.15) is 5.10 Å². The van der Waals surface area contributed by atoms with E-state index in [0.29, 0.717) is 24.8 Å². The molecule has 2 fully saturated rings. The van der Waals surface area contributed by atoms with E-state index < -0.39 is 0 Å². The largest absolute Gasteiger partial charge is 0.354 e. The molecular formula is C23H25N3O. The number of fused-ring (bicyclic) bond motifs is 1. The smallest absolute Gasteiger partial charge is 0.224 e. The van der Waals surface area contributed by atoms with E-state index in [-0.39, 0.29) is 5.91 Å². The van der Waals surface area contributed by atoms with Gasteiger partial charge >= 0.3 is 0 Å². The fourth-order valence-electron chi connectivity index (χ4n) is 3.90. The standard InChI is InChI=1S/C23H25N3O/c27-23(14-19-6-3-5-16-4-1-2-7-20(16)19)24-12-13-26-22(18-10-11-18)15-21(25-26)17-8-9-17/h1-7,15,17-18H,8-14H2,(H,24,27). The van der Waals surface area contributed by atoms with Crippen LogP contribution in [0.4, 0.5) is 0 Å². The monoisotopic (exact) mass is 359 g/mol. The van der Waals surface area contributed by atoms with E-state index in [0.717, 1.165) is 17.5 Å². The predicted molar refractivity (Wildman–Crippen MR) is 107 cm³/mol. The van der Waals surface area contributed by atoms with Crippen LogP contribution in [0.1, 0.15) is 54.5 Å². The van der Waals surface area contributed by atoms with E-state index >= 15 is 0 Å². The first kappa shape index (κ1) is 16.5. The molecule has 0 saturated heterocycles. The summed E-state index contributed by atoms with van der Waals surface area (Å²) in [6, 6.07) is 16.7. The molecule has 138 valence electrons. The maximum absolute atomic E-state index is 12.5. The van der Waals surface area contributed by atoms with Crippen LogP contribution >= 0.6 is 0 Å². The molecule has 2 saturated carbocycles. The van der Waals surface area contributed by atoms with Gasteiger partial charge in [-0.05, 0) is 48.1 Å². The van der Waals surface area contributed by atoms with Crippen molar-refractivity contribution in [1.29, 1.82) is 0 Å². The van der Waals surface area contributed by atoms with Crippen LogP contribution < -0.4 is 5.32 Å². The molecule has 1 N–H and O–H groups in total. The third-order valence-corrected chi connectivity index (χ3v) is 5.70. The molecule has 2 aliphatic carbocycles. The van der Waals surface area contributed by atoms with Crippen LogP contribution in [0.15, 0.2) is 48.5 Å². The second kappa shape index (κ2) is 6.84. The van der Waals surface area contributed by atoms with Crippen molar-refractivity contribution >= 4 is 16.7 Å². The lowest BCUT2D eigenvalue weighted by atomic mass is 10.0. The SMILES string of the molecule is O=C(Cc1cccc2ccccc12)NCCn1nc(C2CC2)cc1C1CC1. The highest BCUT2D eigenvalue weighted by atomic mass is 16.1. The van der Waals surface area contributed by atoms with Crippen molar-refractivity contribution in [2.75, 3.05) is 6.54 Å². The van der Waals surface area contributed by atoms with E-state index in [4.69, 9.17) is 5.10 Å². The number of carbonyl (C=O) groups excluding carboxylic acids is 1. The van der Waals surface area contributed by atoms with Gasteiger partial charge < -0.3 is 5.32 Å². The Morgan fingerprint density at radius 1 is 1.04 bits per heavy atom. The Hall–Kier alpha value is -2.62. The summed E-state index contributed by atoms with van der Waals surface area (Å²) < 4.78 is 2.14. The zero-order valence-electron chi connectivity index (χ0n) is 15.5. The molecule has 1 heterocycles. The van der Waals surface area contributed by atoms with Gasteiger partial charge in [0.2, 0.25) is 5.91 Å². The highest BCUT2D eigenvalue weighted by molar-refractivity contribution is 5.90. The molecule has 0 bridgehead atoms. The summed E-state index contributed by atoms with van der Waals surface area (Å²) in [7, 11) is 0. The van der Waals surface area contributed by atoms with Crippen molar-refractivity contribution in [3.05, 3.63) is 65.5 Å². The molecule has 0 radical (unpaired) electrons. The summed E-state index contributed by atoms with van der Waals surface area (Å²) in [6.45, 7) is 1.40. The number of benzene rings is 2. The summed E-state index contributed by atoms with van der Waals surface area (Å²) in [5, 5.41) is 10.2. The molecule has 3 aromatic rings. The highest BCUT2D eigenvalue weighted by Gasteiger charge is 2.32. The van der Waals surface area contributed by atoms with E-state index in [9.17, 15) is 4.79 Å². The Balaban J connectivity index is 1.21. The molecule has 4 heteroatoms. The van der Waals surface area contributed by atoms with Crippen LogP contribution in [0.5, 0.6) is 0 Å². The Morgan fingerprint density at radius 2 is 1.81 bits per heavy atom. The Kier molecular flexibility index (Phi) is 4.19. The Morgan fingerprint density at radius 3 is 2.63 bits per heavy atom. The average Bonchev–Trinajstić information content (AvgIpc) is 3.61. The molecule has 0 spiro atoms. The molecule has 27 heavy (non-hydrogen) atoms. The minimum atomic E-state index is 0.0777. The van der Waals surface area contributed by atoms with Crippen LogP contribution in [-0.2, 0) is 17.8 Å². The zero-order valence-corrected chi connectivity index (χ0v) is 15.5. The fourth-order valence-corrected chi connectivity index (χ4v) is 3.90. The molecule has 2 aliphatic rings. The molecule has 4 nitrogen and oxygen atoms in total. The molecule has 1 amide bonds. The zero-order chi connectivity index (χ0) is 18.2. The van der Waals surface area contributed by atoms with Crippen molar-refractivity contribution in [3.8, 4) is 0 Å². The Labute approximate surface area is 159 Å². The van der Waals surface area contributed by atoms with Crippen LogP contribution in [0.2, 0.25) is 0 Å². The summed E-state index contributed by atoms with van der Waals surface area (Å²) in [5.41, 5.74) is 3.72. The molecule has 5 rings (SSSR count). The van der Waals surface area contributed by atoms with E-state index in [2.05, 4.69) is 34.3 Å². The van der Waals surface area contributed by atoms with E-state index in [1.165, 1.54) is 42.5 Å². The van der Waals surface area contributed by atoms with Gasteiger partial charge in [0, 0.05) is 24.1 Å². The number of aromatic nitrogens is 2. The molecular weight excluding hydrogens is 334 g/mol. The lowest BCUT2D eigenvalue weighted by molar-refractivity contribution is -0.120. The van der Waals surface area contributed by atoms with Crippen LogP contribution in [0, 0.1) is 0 Å². The topological polar surface area (TPSA) is 46.9 Å². The van der Waals surface area contributed by atoms with Gasteiger partial charge in [0.1, 0.15) is 0 Å². The highest BCUT2D eigenvalue weighted by Crippen LogP contribution is 2.44. The van der Waals surface area contributed by atoms with Crippen LogP contribution in [-0.4, -0.2) is 22.2 Å². The van der Waals surface area contributed by atoms with Crippen molar-refractivity contribution < 1.29 is 4.79 Å². The summed E-state index contributed by atoms with van der Waals surface area (Å²) in [6.07, 6.45) is 5.54. The van der Waals surface area contributed by atoms with Gasteiger partial charge in [0.15, 0.2) is 0 Å². The number of hydrogen-bond acceptors (Lipinski definition) is 2. The van der Waals surface area contributed by atoms with Gasteiger partial charge in [-0.25, -0.2) is 0 Å². The van der Waals surface area contributed by atoms with Gasteiger partial charge in [-0.1, -0.05) is 42.5 Å². The molecule has 2 aromatic carbocycles. The summed E-state index contributed by atoms with van der Waals surface area (Å²) in [4.78, 5) is 12.5. The number of nitrogens with one attached hydrogen (secondary N) is 1. The van der Waals surface area contributed by atoms with Crippen molar-refractivity contribution in [3.63, 3.8) is 0 Å². The minimum Gasteiger partial charge on any atom is -0.354 e. The molecule has 0 unspecified atom stereocenters. The number of amides is 1. The maximum atomic E-state index is 12.5. The normalized spacial score (nSPS) is 16.6. The second-order valence-electron chi connectivity index (χ2n) is 7.93. The maximum Gasteiger partial charge on any atom is 0.224 e.